The van der Waals surface area contributed by atoms with Gasteiger partial charge in [-0.25, -0.2) is 4.79 Å². The first-order valence-corrected chi connectivity index (χ1v) is 6.06. The maximum absolute atomic E-state index is 11.6. The summed E-state index contributed by atoms with van der Waals surface area (Å²) in [5.74, 6) is 0.611. The summed E-state index contributed by atoms with van der Waals surface area (Å²) in [6.07, 6.45) is -0.809. The second-order valence-corrected chi connectivity index (χ2v) is 4.04. The van der Waals surface area contributed by atoms with Crippen LogP contribution in [0.5, 0.6) is 5.75 Å². The van der Waals surface area contributed by atoms with Gasteiger partial charge in [-0.3, -0.25) is 0 Å². The molecule has 20 heavy (non-hydrogen) atoms. The molecule has 5 nitrogen and oxygen atoms in total. The van der Waals surface area contributed by atoms with Gasteiger partial charge >= 0.3 is 5.97 Å². The minimum absolute atomic E-state index is 0.0544. The molecule has 0 fully saturated rings. The predicted octanol–water partition coefficient (Wildman–Crippen LogP) is 2.93. The summed E-state index contributed by atoms with van der Waals surface area (Å²) in [5, 5.41) is 8.57. The van der Waals surface area contributed by atoms with Crippen LogP contribution < -0.4 is 4.74 Å². The topological polar surface area (TPSA) is 72.5 Å². The minimum Gasteiger partial charge on any atom is -0.486 e. The van der Waals surface area contributed by atoms with Crippen molar-refractivity contribution in [2.24, 2.45) is 0 Å². The Morgan fingerprint density at radius 1 is 1.30 bits per heavy atom. The highest BCUT2D eigenvalue weighted by Gasteiger charge is 2.15. The van der Waals surface area contributed by atoms with Crippen molar-refractivity contribution in [1.29, 1.82) is 5.26 Å². The van der Waals surface area contributed by atoms with Gasteiger partial charge in [-0.2, -0.15) is 5.26 Å². The molecule has 0 aliphatic rings. The maximum atomic E-state index is 11.6. The van der Waals surface area contributed by atoms with Crippen molar-refractivity contribution < 1.29 is 18.7 Å². The van der Waals surface area contributed by atoms with E-state index in [1.165, 1.54) is 13.0 Å². The number of nitriles is 1. The maximum Gasteiger partial charge on any atom is 0.375 e. The summed E-state index contributed by atoms with van der Waals surface area (Å²) in [4.78, 5) is 11.6. The fourth-order valence-electron chi connectivity index (χ4n) is 1.48. The molecule has 0 amide bonds. The molecule has 0 unspecified atom stereocenters. The van der Waals surface area contributed by atoms with Crippen molar-refractivity contribution in [2.75, 3.05) is 0 Å². The summed E-state index contributed by atoms with van der Waals surface area (Å²) < 4.78 is 15.6. The fraction of sp³-hybridized carbons (Fsp3) is 0.200. The van der Waals surface area contributed by atoms with Crippen molar-refractivity contribution in [3.05, 3.63) is 54.0 Å². The first kappa shape index (κ1) is 13.7. The molecule has 0 aliphatic carbocycles. The highest BCUT2D eigenvalue weighted by Crippen LogP contribution is 2.14. The first-order chi connectivity index (χ1) is 9.69. The molecule has 1 atom stereocenters. The molecule has 0 aliphatic heterocycles. The molecule has 0 radical (unpaired) electrons. The van der Waals surface area contributed by atoms with Gasteiger partial charge in [0.2, 0.25) is 5.76 Å². The lowest BCUT2D eigenvalue weighted by atomic mass is 10.3. The summed E-state index contributed by atoms with van der Waals surface area (Å²) in [6.45, 7) is 1.70. The number of furan rings is 1. The van der Waals surface area contributed by atoms with Crippen LogP contribution in [0.3, 0.4) is 0 Å². The van der Waals surface area contributed by atoms with Gasteiger partial charge in [0.05, 0.1) is 0 Å². The van der Waals surface area contributed by atoms with Gasteiger partial charge in [-0.1, -0.05) is 18.2 Å². The quantitative estimate of drug-likeness (QED) is 0.782. The lowest BCUT2D eigenvalue weighted by molar-refractivity contribution is 0.0395. The Labute approximate surface area is 116 Å². The minimum atomic E-state index is -0.809. The second kappa shape index (κ2) is 6.43. The predicted molar refractivity (Wildman–Crippen MR) is 70.0 cm³/mol. The third-order valence-electron chi connectivity index (χ3n) is 2.45. The summed E-state index contributed by atoms with van der Waals surface area (Å²) in [7, 11) is 0. The molecule has 2 rings (SSSR count). The van der Waals surface area contributed by atoms with Crippen LogP contribution in [0.4, 0.5) is 0 Å². The molecule has 0 saturated carbocycles. The number of carbonyl (C=O) groups excluding carboxylic acids is 1. The van der Waals surface area contributed by atoms with E-state index in [-0.39, 0.29) is 12.4 Å². The van der Waals surface area contributed by atoms with Gasteiger partial charge in [0.25, 0.3) is 0 Å². The van der Waals surface area contributed by atoms with E-state index in [9.17, 15) is 4.79 Å². The lowest BCUT2D eigenvalue weighted by Gasteiger charge is -2.04. The number of carbonyl (C=O) groups is 1. The molecule has 1 heterocycles. The van der Waals surface area contributed by atoms with Gasteiger partial charge in [0.15, 0.2) is 6.10 Å². The number of esters is 1. The van der Waals surface area contributed by atoms with E-state index in [2.05, 4.69) is 0 Å². The normalized spacial score (nSPS) is 11.4. The van der Waals surface area contributed by atoms with Gasteiger partial charge < -0.3 is 13.9 Å². The Kier molecular flexibility index (Phi) is 4.40. The zero-order valence-corrected chi connectivity index (χ0v) is 10.9. The third kappa shape index (κ3) is 3.62. The van der Waals surface area contributed by atoms with Crippen LogP contribution >= 0.6 is 0 Å². The molecule has 0 saturated heterocycles. The molecule has 1 aromatic heterocycles. The molecule has 5 heteroatoms. The van der Waals surface area contributed by atoms with E-state index < -0.39 is 12.1 Å². The monoisotopic (exact) mass is 271 g/mol. The van der Waals surface area contributed by atoms with Gasteiger partial charge in [-0.05, 0) is 31.2 Å². The van der Waals surface area contributed by atoms with Crippen LogP contribution in [0.2, 0.25) is 0 Å². The van der Waals surface area contributed by atoms with Gasteiger partial charge in [0, 0.05) is 0 Å². The van der Waals surface area contributed by atoms with Crippen LogP contribution in [0.25, 0.3) is 0 Å². The Balaban J connectivity index is 1.92. The van der Waals surface area contributed by atoms with Crippen LogP contribution in [0.1, 0.15) is 23.2 Å². The van der Waals surface area contributed by atoms with Gasteiger partial charge in [-0.15, -0.1) is 0 Å². The molecular formula is C15H13NO4. The zero-order valence-electron chi connectivity index (χ0n) is 10.9. The Morgan fingerprint density at radius 3 is 2.75 bits per heavy atom. The average molecular weight is 271 g/mol. The van der Waals surface area contributed by atoms with E-state index in [1.807, 2.05) is 36.4 Å². The number of para-hydroxylation sites is 1. The molecule has 1 aromatic carbocycles. The van der Waals surface area contributed by atoms with Crippen LogP contribution in [-0.2, 0) is 11.3 Å². The van der Waals surface area contributed by atoms with Crippen molar-refractivity contribution in [3.63, 3.8) is 0 Å². The highest BCUT2D eigenvalue weighted by atomic mass is 16.6. The SMILES string of the molecule is C[C@H](C#N)OC(=O)c1ccc(COc2ccccc2)o1. The molecule has 0 bridgehead atoms. The largest absolute Gasteiger partial charge is 0.486 e. The van der Waals surface area contributed by atoms with Crippen LogP contribution in [-0.4, -0.2) is 12.1 Å². The van der Waals surface area contributed by atoms with E-state index in [0.29, 0.717) is 11.5 Å². The van der Waals surface area contributed by atoms with E-state index in [4.69, 9.17) is 19.2 Å². The number of nitrogens with zero attached hydrogens (tertiary/aromatic N) is 1. The molecule has 0 spiro atoms. The van der Waals surface area contributed by atoms with Crippen LogP contribution in [0, 0.1) is 11.3 Å². The summed E-state index contributed by atoms with van der Waals surface area (Å²) in [6, 6.07) is 14.2. The summed E-state index contributed by atoms with van der Waals surface area (Å²) in [5.41, 5.74) is 0. The zero-order chi connectivity index (χ0) is 14.4. The van der Waals surface area contributed by atoms with E-state index in [0.717, 1.165) is 0 Å². The number of benzene rings is 1. The van der Waals surface area contributed by atoms with Crippen molar-refractivity contribution in [3.8, 4) is 11.8 Å². The Morgan fingerprint density at radius 2 is 2.05 bits per heavy atom. The average Bonchev–Trinajstić information content (AvgIpc) is 2.95. The van der Waals surface area contributed by atoms with Crippen molar-refractivity contribution >= 4 is 5.97 Å². The molecule has 0 N–H and O–H groups in total. The Bertz CT molecular complexity index is 612. The highest BCUT2D eigenvalue weighted by molar-refractivity contribution is 5.86. The fourth-order valence-corrected chi connectivity index (χ4v) is 1.48. The van der Waals surface area contributed by atoms with E-state index in [1.54, 1.807) is 6.07 Å². The summed E-state index contributed by atoms with van der Waals surface area (Å²) >= 11 is 0. The third-order valence-corrected chi connectivity index (χ3v) is 2.45. The first-order valence-electron chi connectivity index (χ1n) is 6.06. The second-order valence-electron chi connectivity index (χ2n) is 4.04. The van der Waals surface area contributed by atoms with Crippen molar-refractivity contribution in [1.82, 2.24) is 0 Å². The Hall–Kier alpha value is -2.74. The smallest absolute Gasteiger partial charge is 0.375 e. The number of hydrogen-bond donors (Lipinski definition) is 0. The number of hydrogen-bond acceptors (Lipinski definition) is 5. The van der Waals surface area contributed by atoms with Crippen molar-refractivity contribution in [2.45, 2.75) is 19.6 Å². The van der Waals surface area contributed by atoms with Gasteiger partial charge in [0.1, 0.15) is 24.2 Å². The van der Waals surface area contributed by atoms with Crippen LogP contribution in [0.15, 0.2) is 46.9 Å². The lowest BCUT2D eigenvalue weighted by Crippen LogP contribution is -2.12. The number of rotatable bonds is 5. The molecule has 102 valence electrons. The molecule has 2 aromatic rings. The number of ether oxygens (including phenoxy) is 2. The van der Waals surface area contributed by atoms with E-state index >= 15 is 0 Å². The molecular weight excluding hydrogens is 258 g/mol. The standard InChI is InChI=1S/C15H13NO4/c1-11(9-16)19-15(17)14-8-7-13(20-14)10-18-12-5-3-2-4-6-12/h2-8,11H,10H2,1H3/t11-/m1/s1.